The number of nitrogens with one attached hydrogen (secondary N) is 3. The number of methoxy groups -OCH3 is 1. The molecule has 0 unspecified atom stereocenters. The molecule has 3 N–H and O–H groups in total. The molecule has 8 nitrogen and oxygen atoms in total. The van der Waals surface area contributed by atoms with Gasteiger partial charge in [-0.3, -0.25) is 19.3 Å². The summed E-state index contributed by atoms with van der Waals surface area (Å²) in [5.74, 6) is -0.127. The first-order valence-corrected chi connectivity index (χ1v) is 8.62. The minimum absolute atomic E-state index is 0.0335. The molecule has 8 heteroatoms. The zero-order valence-corrected chi connectivity index (χ0v) is 15.8. The van der Waals surface area contributed by atoms with Gasteiger partial charge in [-0.2, -0.15) is 0 Å². The molecule has 3 amide bonds. The van der Waals surface area contributed by atoms with E-state index in [1.807, 2.05) is 13.8 Å². The van der Waals surface area contributed by atoms with Crippen LogP contribution >= 0.6 is 0 Å². The predicted molar refractivity (Wildman–Crippen MR) is 100 cm³/mol. The molecule has 0 aliphatic heterocycles. The maximum atomic E-state index is 12.2. The minimum atomic E-state index is -0.619. The van der Waals surface area contributed by atoms with Gasteiger partial charge in [0.15, 0.2) is 0 Å². The summed E-state index contributed by atoms with van der Waals surface area (Å²) >= 11 is 0. The monoisotopic (exact) mass is 364 g/mol. The van der Waals surface area contributed by atoms with Crippen LogP contribution in [0.25, 0.3) is 0 Å². The van der Waals surface area contributed by atoms with Crippen LogP contribution in [0.5, 0.6) is 5.75 Å². The minimum Gasteiger partial charge on any atom is -0.497 e. The normalized spacial score (nSPS) is 11.6. The van der Waals surface area contributed by atoms with Gasteiger partial charge in [-0.25, -0.2) is 0 Å². The predicted octanol–water partition coefficient (Wildman–Crippen LogP) is 0.596. The highest BCUT2D eigenvalue weighted by molar-refractivity contribution is 5.93. The van der Waals surface area contributed by atoms with Gasteiger partial charge in [0.2, 0.25) is 17.7 Å². The van der Waals surface area contributed by atoms with Crippen molar-refractivity contribution in [2.24, 2.45) is 0 Å². The van der Waals surface area contributed by atoms with E-state index in [4.69, 9.17) is 4.74 Å². The maximum absolute atomic E-state index is 12.2. The summed E-state index contributed by atoms with van der Waals surface area (Å²) in [6, 6.07) is 6.43. The summed E-state index contributed by atoms with van der Waals surface area (Å²) in [7, 11) is 1.56. The van der Waals surface area contributed by atoms with Crippen LogP contribution in [0.4, 0.5) is 5.69 Å². The number of amides is 3. The number of hydrogen-bond acceptors (Lipinski definition) is 5. The average molecular weight is 364 g/mol. The molecule has 0 fully saturated rings. The molecule has 26 heavy (non-hydrogen) atoms. The smallest absolute Gasteiger partial charge is 0.242 e. The fraction of sp³-hybridized carbons (Fsp3) is 0.500. The van der Waals surface area contributed by atoms with Gasteiger partial charge in [0.05, 0.1) is 20.2 Å². The lowest BCUT2D eigenvalue weighted by Gasteiger charge is -2.21. The van der Waals surface area contributed by atoms with Crippen LogP contribution in [-0.4, -0.2) is 62.0 Å². The van der Waals surface area contributed by atoms with Crippen LogP contribution in [0.1, 0.15) is 20.8 Å². The fourth-order valence-electron chi connectivity index (χ4n) is 2.27. The van der Waals surface area contributed by atoms with Crippen molar-refractivity contribution >= 4 is 23.4 Å². The molecule has 0 saturated heterocycles. The zero-order valence-electron chi connectivity index (χ0n) is 15.8. The van der Waals surface area contributed by atoms with Crippen LogP contribution in [-0.2, 0) is 14.4 Å². The second-order valence-corrected chi connectivity index (χ2v) is 5.77. The van der Waals surface area contributed by atoms with E-state index in [1.54, 1.807) is 43.2 Å². The summed E-state index contributed by atoms with van der Waals surface area (Å²) in [5, 5.41) is 8.05. The summed E-state index contributed by atoms with van der Waals surface area (Å²) in [5.41, 5.74) is 0.625. The molecule has 1 atom stereocenters. The van der Waals surface area contributed by atoms with Crippen molar-refractivity contribution in [3.8, 4) is 5.75 Å². The number of carbonyl (C=O) groups excluding carboxylic acids is 3. The molecule has 1 rings (SSSR count). The van der Waals surface area contributed by atoms with Crippen LogP contribution < -0.4 is 20.7 Å². The van der Waals surface area contributed by atoms with Crippen molar-refractivity contribution in [3.05, 3.63) is 24.3 Å². The molecule has 0 aromatic heterocycles. The lowest BCUT2D eigenvalue weighted by molar-refractivity contribution is -0.129. The SMILES string of the molecule is CCNC(=O)[C@H](C)NC(=O)CN(CC)CC(=O)Nc1cccc(OC)c1. The third-order valence-electron chi connectivity index (χ3n) is 3.66. The molecule has 0 spiro atoms. The molecule has 1 aromatic rings. The Bertz CT molecular complexity index is 621. The van der Waals surface area contributed by atoms with Crippen LogP contribution in [0.15, 0.2) is 24.3 Å². The number of nitrogens with zero attached hydrogens (tertiary/aromatic N) is 1. The van der Waals surface area contributed by atoms with Gasteiger partial charge in [-0.05, 0) is 32.5 Å². The van der Waals surface area contributed by atoms with E-state index in [0.29, 0.717) is 24.5 Å². The van der Waals surface area contributed by atoms with E-state index >= 15 is 0 Å². The van der Waals surface area contributed by atoms with Gasteiger partial charge >= 0.3 is 0 Å². The number of ether oxygens (including phenoxy) is 1. The topological polar surface area (TPSA) is 99.8 Å². The molecule has 1 aromatic carbocycles. The summed E-state index contributed by atoms with van der Waals surface area (Å²) in [4.78, 5) is 37.6. The number of rotatable bonds is 10. The van der Waals surface area contributed by atoms with Gasteiger partial charge in [0.1, 0.15) is 11.8 Å². The quantitative estimate of drug-likeness (QED) is 0.564. The number of likely N-dealkylation sites (N-methyl/N-ethyl adjacent to an activating group) is 2. The Kier molecular flexibility index (Phi) is 9.14. The van der Waals surface area contributed by atoms with Crippen LogP contribution in [0, 0.1) is 0 Å². The van der Waals surface area contributed by atoms with Gasteiger partial charge in [-0.15, -0.1) is 0 Å². The Balaban J connectivity index is 2.51. The van der Waals surface area contributed by atoms with Crippen LogP contribution in [0.3, 0.4) is 0 Å². The zero-order chi connectivity index (χ0) is 19.5. The molecule has 0 saturated carbocycles. The Morgan fingerprint density at radius 3 is 2.46 bits per heavy atom. The average Bonchev–Trinajstić information content (AvgIpc) is 2.61. The third kappa shape index (κ3) is 7.52. The lowest BCUT2D eigenvalue weighted by atomic mass is 10.3. The molecular weight excluding hydrogens is 336 g/mol. The standard InChI is InChI=1S/C18H28N4O4/c1-5-19-18(25)13(3)20-16(23)11-22(6-2)12-17(24)21-14-8-7-9-15(10-14)26-4/h7-10,13H,5-6,11-12H2,1-4H3,(H,19,25)(H,20,23)(H,21,24)/t13-/m0/s1. The van der Waals surface area contributed by atoms with E-state index in [9.17, 15) is 14.4 Å². The fourth-order valence-corrected chi connectivity index (χ4v) is 2.27. The van der Waals surface area contributed by atoms with Crippen molar-refractivity contribution in [1.29, 1.82) is 0 Å². The van der Waals surface area contributed by atoms with Crippen LogP contribution in [0.2, 0.25) is 0 Å². The Hall–Kier alpha value is -2.61. The Morgan fingerprint density at radius 1 is 1.15 bits per heavy atom. The highest BCUT2D eigenvalue weighted by atomic mass is 16.5. The van der Waals surface area contributed by atoms with Gasteiger partial charge in [-0.1, -0.05) is 13.0 Å². The first kappa shape index (κ1) is 21.4. The van der Waals surface area contributed by atoms with Gasteiger partial charge in [0.25, 0.3) is 0 Å². The molecule has 0 heterocycles. The number of benzene rings is 1. The van der Waals surface area contributed by atoms with Crippen molar-refractivity contribution in [2.75, 3.05) is 38.6 Å². The van der Waals surface area contributed by atoms with E-state index < -0.39 is 6.04 Å². The Labute approximate surface area is 154 Å². The van der Waals surface area contributed by atoms with E-state index in [-0.39, 0.29) is 30.8 Å². The molecular formula is C18H28N4O4. The maximum Gasteiger partial charge on any atom is 0.242 e. The second-order valence-electron chi connectivity index (χ2n) is 5.77. The van der Waals surface area contributed by atoms with E-state index in [0.717, 1.165) is 0 Å². The molecule has 0 aliphatic rings. The first-order chi connectivity index (χ1) is 12.4. The molecule has 144 valence electrons. The van der Waals surface area contributed by atoms with Gasteiger partial charge in [0, 0.05) is 18.3 Å². The molecule has 0 bridgehead atoms. The van der Waals surface area contributed by atoms with E-state index in [2.05, 4.69) is 16.0 Å². The summed E-state index contributed by atoms with van der Waals surface area (Å²) < 4.78 is 5.12. The number of anilines is 1. The molecule has 0 aliphatic carbocycles. The van der Waals surface area contributed by atoms with Crippen molar-refractivity contribution in [1.82, 2.24) is 15.5 Å². The Morgan fingerprint density at radius 2 is 1.85 bits per heavy atom. The second kappa shape index (κ2) is 11.1. The van der Waals surface area contributed by atoms with Crippen molar-refractivity contribution < 1.29 is 19.1 Å². The van der Waals surface area contributed by atoms with Crippen molar-refractivity contribution in [3.63, 3.8) is 0 Å². The lowest BCUT2D eigenvalue weighted by Crippen LogP contribution is -2.48. The number of hydrogen-bond donors (Lipinski definition) is 3. The largest absolute Gasteiger partial charge is 0.497 e. The molecule has 0 radical (unpaired) electrons. The highest BCUT2D eigenvalue weighted by Crippen LogP contribution is 2.16. The van der Waals surface area contributed by atoms with Crippen molar-refractivity contribution in [2.45, 2.75) is 26.8 Å². The summed E-state index contributed by atoms with van der Waals surface area (Å²) in [6.45, 7) is 6.42. The number of carbonyl (C=O) groups is 3. The first-order valence-electron chi connectivity index (χ1n) is 8.62. The summed E-state index contributed by atoms with van der Waals surface area (Å²) in [6.07, 6.45) is 0. The van der Waals surface area contributed by atoms with E-state index in [1.165, 1.54) is 0 Å². The van der Waals surface area contributed by atoms with Gasteiger partial charge < -0.3 is 20.7 Å². The third-order valence-corrected chi connectivity index (χ3v) is 3.66. The highest BCUT2D eigenvalue weighted by Gasteiger charge is 2.18.